The van der Waals surface area contributed by atoms with E-state index in [2.05, 4.69) is 10.0 Å². The standard InChI is InChI=1S/C12H17N3O3S/c1-8-2-3-9(6-13)4-11(8)19(17,18)15-10-5-12(16)14-7-10/h2-4,10,15H,5-7,13H2,1H3,(H,14,16). The Kier molecular flexibility index (Phi) is 3.88. The minimum atomic E-state index is -3.63. The monoisotopic (exact) mass is 283 g/mol. The number of rotatable bonds is 4. The molecule has 0 spiro atoms. The second-order valence-electron chi connectivity index (χ2n) is 4.63. The highest BCUT2D eigenvalue weighted by Crippen LogP contribution is 2.18. The average Bonchev–Trinajstić information content (AvgIpc) is 2.74. The number of nitrogens with two attached hydrogens (primary N) is 1. The molecule has 1 aromatic carbocycles. The number of carbonyl (C=O) groups excluding carboxylic acids is 1. The molecule has 0 bridgehead atoms. The van der Waals surface area contributed by atoms with Gasteiger partial charge >= 0.3 is 0 Å². The third kappa shape index (κ3) is 3.12. The molecule has 1 aliphatic heterocycles. The molecule has 19 heavy (non-hydrogen) atoms. The van der Waals surface area contributed by atoms with Crippen molar-refractivity contribution in [1.82, 2.24) is 10.0 Å². The molecule has 7 heteroatoms. The lowest BCUT2D eigenvalue weighted by molar-refractivity contribution is -0.119. The first-order valence-electron chi connectivity index (χ1n) is 6.01. The van der Waals surface area contributed by atoms with Crippen LogP contribution >= 0.6 is 0 Å². The lowest BCUT2D eigenvalue weighted by Gasteiger charge is -2.14. The number of hydrogen-bond acceptors (Lipinski definition) is 4. The van der Waals surface area contributed by atoms with Crippen LogP contribution in [0.3, 0.4) is 0 Å². The summed E-state index contributed by atoms with van der Waals surface area (Å²) in [5.41, 5.74) is 6.93. The van der Waals surface area contributed by atoms with Gasteiger partial charge in [-0.05, 0) is 24.1 Å². The summed E-state index contributed by atoms with van der Waals surface area (Å²) in [6.07, 6.45) is 0.175. The molecule has 104 valence electrons. The Morgan fingerprint density at radius 3 is 2.79 bits per heavy atom. The molecule has 0 aliphatic carbocycles. The van der Waals surface area contributed by atoms with E-state index in [0.29, 0.717) is 12.1 Å². The van der Waals surface area contributed by atoms with E-state index >= 15 is 0 Å². The van der Waals surface area contributed by atoms with Crippen molar-refractivity contribution in [3.05, 3.63) is 29.3 Å². The number of sulfonamides is 1. The van der Waals surface area contributed by atoms with E-state index in [-0.39, 0.29) is 23.8 Å². The van der Waals surface area contributed by atoms with E-state index in [1.165, 1.54) is 0 Å². The van der Waals surface area contributed by atoms with Crippen LogP contribution in [0.4, 0.5) is 0 Å². The fourth-order valence-electron chi connectivity index (χ4n) is 2.03. The van der Waals surface area contributed by atoms with Gasteiger partial charge in [-0.1, -0.05) is 12.1 Å². The van der Waals surface area contributed by atoms with Gasteiger partial charge in [0, 0.05) is 25.6 Å². The molecule has 1 aromatic rings. The fraction of sp³-hybridized carbons (Fsp3) is 0.417. The number of hydrogen-bond donors (Lipinski definition) is 3. The second kappa shape index (κ2) is 5.28. The van der Waals surface area contributed by atoms with Crippen LogP contribution in [0, 0.1) is 6.92 Å². The summed E-state index contributed by atoms with van der Waals surface area (Å²) in [4.78, 5) is 11.3. The van der Waals surface area contributed by atoms with Crippen LogP contribution < -0.4 is 15.8 Å². The van der Waals surface area contributed by atoms with Crippen LogP contribution in [0.15, 0.2) is 23.1 Å². The first-order valence-corrected chi connectivity index (χ1v) is 7.49. The lowest BCUT2D eigenvalue weighted by atomic mass is 10.1. The second-order valence-corrected chi connectivity index (χ2v) is 6.31. The normalized spacial score (nSPS) is 19.5. The smallest absolute Gasteiger partial charge is 0.241 e. The third-order valence-electron chi connectivity index (χ3n) is 3.08. The number of nitrogens with one attached hydrogen (secondary N) is 2. The summed E-state index contributed by atoms with van der Waals surface area (Å²) in [5.74, 6) is -0.139. The maximum Gasteiger partial charge on any atom is 0.241 e. The molecule has 0 saturated carbocycles. The molecule has 4 N–H and O–H groups in total. The summed E-state index contributed by atoms with van der Waals surface area (Å²) in [5, 5.41) is 2.59. The molecule has 1 amide bonds. The zero-order chi connectivity index (χ0) is 14.0. The van der Waals surface area contributed by atoms with Crippen LogP contribution in [0.5, 0.6) is 0 Å². The Labute approximate surface area is 112 Å². The molecular weight excluding hydrogens is 266 g/mol. The largest absolute Gasteiger partial charge is 0.354 e. The van der Waals surface area contributed by atoms with Crippen molar-refractivity contribution in [2.24, 2.45) is 5.73 Å². The molecule has 2 rings (SSSR count). The van der Waals surface area contributed by atoms with Crippen molar-refractivity contribution in [3.63, 3.8) is 0 Å². The Hall–Kier alpha value is -1.44. The van der Waals surface area contributed by atoms with Gasteiger partial charge in [-0.15, -0.1) is 0 Å². The zero-order valence-electron chi connectivity index (χ0n) is 10.6. The molecule has 0 aromatic heterocycles. The van der Waals surface area contributed by atoms with Crippen LogP contribution in [-0.4, -0.2) is 26.9 Å². The van der Waals surface area contributed by atoms with E-state index in [1.54, 1.807) is 25.1 Å². The summed E-state index contributed by atoms with van der Waals surface area (Å²) in [6.45, 7) is 2.34. The van der Waals surface area contributed by atoms with Gasteiger partial charge in [0.1, 0.15) is 0 Å². The first kappa shape index (κ1) is 14.0. The quantitative estimate of drug-likeness (QED) is 0.701. The number of aryl methyl sites for hydroxylation is 1. The maximum absolute atomic E-state index is 12.3. The fourth-order valence-corrected chi connectivity index (χ4v) is 3.56. The number of amides is 1. The van der Waals surface area contributed by atoms with Gasteiger partial charge in [-0.25, -0.2) is 13.1 Å². The van der Waals surface area contributed by atoms with Gasteiger partial charge in [-0.3, -0.25) is 4.79 Å². The van der Waals surface area contributed by atoms with Crippen molar-refractivity contribution < 1.29 is 13.2 Å². The summed E-state index contributed by atoms with van der Waals surface area (Å²) in [7, 11) is -3.63. The van der Waals surface area contributed by atoms with Crippen LogP contribution in [0.1, 0.15) is 17.5 Å². The van der Waals surface area contributed by atoms with Gasteiger partial charge in [0.25, 0.3) is 0 Å². The van der Waals surface area contributed by atoms with Gasteiger partial charge < -0.3 is 11.1 Å². The highest BCUT2D eigenvalue weighted by Gasteiger charge is 2.27. The molecule has 1 aliphatic rings. The lowest BCUT2D eigenvalue weighted by Crippen LogP contribution is -2.36. The molecule has 1 heterocycles. The van der Waals surface area contributed by atoms with E-state index in [9.17, 15) is 13.2 Å². The van der Waals surface area contributed by atoms with Crippen molar-refractivity contribution in [2.45, 2.75) is 30.8 Å². The number of benzene rings is 1. The first-order chi connectivity index (χ1) is 8.92. The Morgan fingerprint density at radius 2 is 2.21 bits per heavy atom. The summed E-state index contributed by atoms with van der Waals surface area (Å²) >= 11 is 0. The average molecular weight is 283 g/mol. The van der Waals surface area contributed by atoms with Crippen molar-refractivity contribution in [1.29, 1.82) is 0 Å². The minimum absolute atomic E-state index is 0.139. The predicted molar refractivity (Wildman–Crippen MR) is 70.8 cm³/mol. The third-order valence-corrected chi connectivity index (χ3v) is 4.74. The SMILES string of the molecule is Cc1ccc(CN)cc1S(=O)(=O)NC1CNC(=O)C1. The molecular formula is C12H17N3O3S. The molecule has 6 nitrogen and oxygen atoms in total. The topological polar surface area (TPSA) is 101 Å². The van der Waals surface area contributed by atoms with E-state index in [4.69, 9.17) is 5.73 Å². The Balaban J connectivity index is 2.26. The van der Waals surface area contributed by atoms with Gasteiger partial charge in [0.05, 0.1) is 4.90 Å². The molecule has 1 unspecified atom stereocenters. The Morgan fingerprint density at radius 1 is 1.47 bits per heavy atom. The van der Waals surface area contributed by atoms with Gasteiger partial charge in [0.2, 0.25) is 15.9 Å². The van der Waals surface area contributed by atoms with Crippen molar-refractivity contribution in [2.75, 3.05) is 6.54 Å². The van der Waals surface area contributed by atoms with Crippen LogP contribution in [0.25, 0.3) is 0 Å². The maximum atomic E-state index is 12.3. The molecule has 1 saturated heterocycles. The summed E-state index contributed by atoms with van der Waals surface area (Å²) in [6, 6.07) is 4.71. The van der Waals surface area contributed by atoms with Crippen LogP contribution in [-0.2, 0) is 21.4 Å². The highest BCUT2D eigenvalue weighted by atomic mass is 32.2. The molecule has 1 atom stereocenters. The van der Waals surface area contributed by atoms with Crippen LogP contribution in [0.2, 0.25) is 0 Å². The van der Waals surface area contributed by atoms with Crippen molar-refractivity contribution in [3.8, 4) is 0 Å². The summed E-state index contributed by atoms with van der Waals surface area (Å²) < 4.78 is 27.1. The minimum Gasteiger partial charge on any atom is -0.354 e. The van der Waals surface area contributed by atoms with Gasteiger partial charge in [-0.2, -0.15) is 0 Å². The molecule has 0 radical (unpaired) electrons. The Bertz CT molecular complexity index is 598. The van der Waals surface area contributed by atoms with Gasteiger partial charge in [0.15, 0.2) is 0 Å². The van der Waals surface area contributed by atoms with Crippen molar-refractivity contribution >= 4 is 15.9 Å². The number of carbonyl (C=O) groups is 1. The van der Waals surface area contributed by atoms with E-state index in [0.717, 1.165) is 5.56 Å². The van der Waals surface area contributed by atoms with E-state index < -0.39 is 16.1 Å². The highest BCUT2D eigenvalue weighted by molar-refractivity contribution is 7.89. The predicted octanol–water partition coefficient (Wildman–Crippen LogP) is -0.379. The zero-order valence-corrected chi connectivity index (χ0v) is 11.5. The molecule has 1 fully saturated rings. The van der Waals surface area contributed by atoms with E-state index in [1.807, 2.05) is 0 Å².